The molecule has 1 aliphatic rings. The lowest BCUT2D eigenvalue weighted by Crippen LogP contribution is -2.39. The second kappa shape index (κ2) is 9.54. The van der Waals surface area contributed by atoms with Gasteiger partial charge in [-0.05, 0) is 6.07 Å². The summed E-state index contributed by atoms with van der Waals surface area (Å²) in [6.07, 6.45) is 0. The molecule has 1 aliphatic heterocycles. The third-order valence-electron chi connectivity index (χ3n) is 3.94. The Labute approximate surface area is 148 Å². The molecule has 2 N–H and O–H groups in total. The normalized spacial score (nSPS) is 14.9. The number of aromatic nitrogens is 2. The molecule has 1 fully saturated rings. The van der Waals surface area contributed by atoms with Crippen LogP contribution < -0.4 is 5.32 Å². The van der Waals surface area contributed by atoms with Crippen molar-refractivity contribution in [3.8, 4) is 11.3 Å². The first-order chi connectivity index (χ1) is 11.4. The highest BCUT2D eigenvalue weighted by Gasteiger charge is 2.11. The molecule has 0 radical (unpaired) electrons. The zero-order valence-corrected chi connectivity index (χ0v) is 14.3. The second-order valence-electron chi connectivity index (χ2n) is 5.51. The quantitative estimate of drug-likeness (QED) is 0.828. The Morgan fingerprint density at radius 2 is 1.88 bits per heavy atom. The van der Waals surface area contributed by atoms with Gasteiger partial charge < -0.3 is 15.2 Å². The summed E-state index contributed by atoms with van der Waals surface area (Å²) in [6.45, 7) is 5.17. The van der Waals surface area contributed by atoms with E-state index >= 15 is 0 Å². The summed E-state index contributed by atoms with van der Waals surface area (Å²) in [5.41, 5.74) is 2.53. The summed E-state index contributed by atoms with van der Waals surface area (Å²) in [5.74, 6) is 0.653. The Bertz CT molecular complexity index is 621. The Hall–Kier alpha value is -1.73. The number of halogens is 1. The first-order valence-corrected chi connectivity index (χ1v) is 7.93. The van der Waals surface area contributed by atoms with Crippen molar-refractivity contribution in [2.24, 2.45) is 0 Å². The number of aliphatic hydroxyl groups is 1. The van der Waals surface area contributed by atoms with Gasteiger partial charge in [-0.25, -0.2) is 0 Å². The summed E-state index contributed by atoms with van der Waals surface area (Å²) >= 11 is 0. The topological polar surface area (TPSA) is 70.5 Å². The molecule has 0 amide bonds. The van der Waals surface area contributed by atoms with Gasteiger partial charge in [0.2, 0.25) is 0 Å². The van der Waals surface area contributed by atoms with E-state index in [1.165, 1.54) is 0 Å². The summed E-state index contributed by atoms with van der Waals surface area (Å²) in [7, 11) is 0. The molecule has 0 unspecified atom stereocenters. The molecule has 2 aromatic rings. The molecule has 1 saturated heterocycles. The number of nitrogens with one attached hydrogen (secondary N) is 1. The van der Waals surface area contributed by atoms with E-state index in [1.807, 2.05) is 36.4 Å². The molecule has 3 rings (SSSR count). The third kappa shape index (κ3) is 4.88. The predicted molar refractivity (Wildman–Crippen MR) is 96.4 cm³/mol. The fourth-order valence-corrected chi connectivity index (χ4v) is 2.61. The summed E-state index contributed by atoms with van der Waals surface area (Å²) in [6, 6.07) is 11.7. The van der Waals surface area contributed by atoms with Crippen molar-refractivity contribution in [3.05, 3.63) is 42.0 Å². The second-order valence-corrected chi connectivity index (χ2v) is 5.51. The Morgan fingerprint density at radius 1 is 1.12 bits per heavy atom. The molecule has 0 spiro atoms. The van der Waals surface area contributed by atoms with E-state index in [1.54, 1.807) is 0 Å². The maximum absolute atomic E-state index is 9.60. The van der Waals surface area contributed by atoms with Gasteiger partial charge in [0.15, 0.2) is 5.82 Å². The van der Waals surface area contributed by atoms with Crippen LogP contribution in [-0.4, -0.2) is 59.6 Å². The highest BCUT2D eigenvalue weighted by Crippen LogP contribution is 2.20. The van der Waals surface area contributed by atoms with Gasteiger partial charge in [-0.3, -0.25) is 4.90 Å². The Morgan fingerprint density at radius 3 is 2.58 bits per heavy atom. The van der Waals surface area contributed by atoms with Crippen LogP contribution in [0.5, 0.6) is 0 Å². The molecule has 1 aromatic carbocycles. The van der Waals surface area contributed by atoms with E-state index in [0.717, 1.165) is 56.2 Å². The Balaban J connectivity index is 0.00000208. The van der Waals surface area contributed by atoms with Gasteiger partial charge in [-0.2, -0.15) is 0 Å². The molecule has 0 saturated carbocycles. The molecular weight excluding hydrogens is 328 g/mol. The van der Waals surface area contributed by atoms with Crippen molar-refractivity contribution in [2.45, 2.75) is 6.61 Å². The zero-order valence-electron chi connectivity index (χ0n) is 13.5. The lowest BCUT2D eigenvalue weighted by atomic mass is 10.1. The molecule has 0 aliphatic carbocycles. The van der Waals surface area contributed by atoms with E-state index < -0.39 is 0 Å². The van der Waals surface area contributed by atoms with Crippen LogP contribution in [0, 0.1) is 0 Å². The molecule has 6 nitrogen and oxygen atoms in total. The fraction of sp³-hybridized carbons (Fsp3) is 0.412. The summed E-state index contributed by atoms with van der Waals surface area (Å²) in [4.78, 5) is 2.35. The lowest BCUT2D eigenvalue weighted by Gasteiger charge is -2.26. The minimum atomic E-state index is -0.0603. The molecule has 0 bridgehead atoms. The SMILES string of the molecule is Cl.OCc1cc(-c2ccccc2)nnc1NCCN1CCOCC1. The van der Waals surface area contributed by atoms with Crippen LogP contribution in [0.1, 0.15) is 5.56 Å². The van der Waals surface area contributed by atoms with E-state index in [9.17, 15) is 5.11 Å². The van der Waals surface area contributed by atoms with Crippen LogP contribution in [0.2, 0.25) is 0 Å². The number of morpholine rings is 1. The van der Waals surface area contributed by atoms with Gasteiger partial charge in [0.05, 0.1) is 25.5 Å². The average molecular weight is 351 g/mol. The lowest BCUT2D eigenvalue weighted by molar-refractivity contribution is 0.0398. The van der Waals surface area contributed by atoms with Crippen LogP contribution in [0.3, 0.4) is 0 Å². The highest BCUT2D eigenvalue weighted by molar-refractivity contribution is 5.85. The Kier molecular flexibility index (Phi) is 7.39. The first kappa shape index (κ1) is 18.6. The average Bonchev–Trinajstić information content (AvgIpc) is 2.63. The number of ether oxygens (including phenoxy) is 1. The summed E-state index contributed by atoms with van der Waals surface area (Å²) < 4.78 is 5.34. The largest absolute Gasteiger partial charge is 0.392 e. The van der Waals surface area contributed by atoms with Gasteiger partial charge in [0.25, 0.3) is 0 Å². The maximum Gasteiger partial charge on any atom is 0.154 e. The van der Waals surface area contributed by atoms with Gasteiger partial charge in [0, 0.05) is 37.3 Å². The van der Waals surface area contributed by atoms with E-state index in [2.05, 4.69) is 20.4 Å². The van der Waals surface area contributed by atoms with Crippen LogP contribution in [-0.2, 0) is 11.3 Å². The van der Waals surface area contributed by atoms with Crippen molar-refractivity contribution >= 4 is 18.2 Å². The number of benzene rings is 1. The van der Waals surface area contributed by atoms with Crippen LogP contribution in [0.4, 0.5) is 5.82 Å². The first-order valence-electron chi connectivity index (χ1n) is 7.93. The number of hydrogen-bond donors (Lipinski definition) is 2. The molecule has 2 heterocycles. The smallest absolute Gasteiger partial charge is 0.154 e. The number of nitrogens with zero attached hydrogens (tertiary/aromatic N) is 3. The molecule has 7 heteroatoms. The van der Waals surface area contributed by atoms with E-state index in [-0.39, 0.29) is 19.0 Å². The molecule has 0 atom stereocenters. The van der Waals surface area contributed by atoms with E-state index in [0.29, 0.717) is 5.82 Å². The van der Waals surface area contributed by atoms with Crippen molar-refractivity contribution in [3.63, 3.8) is 0 Å². The summed E-state index contributed by atoms with van der Waals surface area (Å²) in [5, 5.41) is 21.4. The van der Waals surface area contributed by atoms with Crippen molar-refractivity contribution in [2.75, 3.05) is 44.7 Å². The van der Waals surface area contributed by atoms with Gasteiger partial charge in [-0.15, -0.1) is 22.6 Å². The third-order valence-corrected chi connectivity index (χ3v) is 3.94. The van der Waals surface area contributed by atoms with E-state index in [4.69, 9.17) is 4.74 Å². The number of anilines is 1. The zero-order chi connectivity index (χ0) is 15.9. The minimum Gasteiger partial charge on any atom is -0.392 e. The number of aliphatic hydroxyl groups excluding tert-OH is 1. The minimum absolute atomic E-state index is 0. The van der Waals surface area contributed by atoms with Gasteiger partial charge in [-0.1, -0.05) is 30.3 Å². The van der Waals surface area contributed by atoms with Gasteiger partial charge in [0.1, 0.15) is 0 Å². The monoisotopic (exact) mass is 350 g/mol. The number of hydrogen-bond acceptors (Lipinski definition) is 6. The fourth-order valence-electron chi connectivity index (χ4n) is 2.61. The number of rotatable bonds is 6. The highest BCUT2D eigenvalue weighted by atomic mass is 35.5. The molecular formula is C17H23ClN4O2. The van der Waals surface area contributed by atoms with Crippen molar-refractivity contribution in [1.29, 1.82) is 0 Å². The maximum atomic E-state index is 9.60. The van der Waals surface area contributed by atoms with Crippen molar-refractivity contribution in [1.82, 2.24) is 15.1 Å². The molecule has 1 aromatic heterocycles. The van der Waals surface area contributed by atoms with Gasteiger partial charge >= 0.3 is 0 Å². The molecule has 24 heavy (non-hydrogen) atoms. The van der Waals surface area contributed by atoms with Crippen LogP contribution in [0.15, 0.2) is 36.4 Å². The van der Waals surface area contributed by atoms with Crippen LogP contribution in [0.25, 0.3) is 11.3 Å². The predicted octanol–water partition coefficient (Wildman–Crippen LogP) is 1.80. The van der Waals surface area contributed by atoms with Crippen LogP contribution >= 0.6 is 12.4 Å². The van der Waals surface area contributed by atoms with Crippen molar-refractivity contribution < 1.29 is 9.84 Å². The molecule has 130 valence electrons. The standard InChI is InChI=1S/C17H22N4O2.ClH/c22-13-15-12-16(14-4-2-1-3-5-14)19-20-17(15)18-6-7-21-8-10-23-11-9-21;/h1-5,12,22H,6-11,13H2,(H,18,20);1H.